The van der Waals surface area contributed by atoms with Crippen LogP contribution in [0.1, 0.15) is 12.8 Å². The molecule has 0 amide bonds. The molecule has 0 aromatic heterocycles. The molecule has 1 N–H and O–H groups in total. The summed E-state index contributed by atoms with van der Waals surface area (Å²) in [5.41, 5.74) is 0. The van der Waals surface area contributed by atoms with Gasteiger partial charge in [-0.25, -0.2) is 0 Å². The van der Waals surface area contributed by atoms with Gasteiger partial charge in [0, 0.05) is 32.7 Å². The van der Waals surface area contributed by atoms with Crippen LogP contribution in [0.4, 0.5) is 0 Å². The monoisotopic (exact) mass is 266 g/mol. The summed E-state index contributed by atoms with van der Waals surface area (Å²) in [4.78, 5) is 4.93. The van der Waals surface area contributed by atoms with Gasteiger partial charge < -0.3 is 19.6 Å². The molecule has 4 bridgehead atoms. The lowest BCUT2D eigenvalue weighted by molar-refractivity contribution is -0.149. The highest BCUT2D eigenvalue weighted by molar-refractivity contribution is 4.98. The van der Waals surface area contributed by atoms with Crippen LogP contribution >= 0.6 is 0 Å². The molecule has 19 heavy (non-hydrogen) atoms. The first kappa shape index (κ1) is 12.6. The molecule has 0 aromatic rings. The number of ether oxygens (including phenoxy) is 1. The first-order valence-electron chi connectivity index (χ1n) is 7.91. The largest absolute Gasteiger partial charge is 0.392 e. The van der Waals surface area contributed by atoms with Crippen LogP contribution in [0.2, 0.25) is 0 Å². The van der Waals surface area contributed by atoms with Crippen molar-refractivity contribution in [2.24, 2.45) is 23.7 Å². The summed E-state index contributed by atoms with van der Waals surface area (Å²) in [6.45, 7) is 6.56. The first-order chi connectivity index (χ1) is 9.20. The lowest BCUT2D eigenvalue weighted by Crippen LogP contribution is -2.60. The highest BCUT2D eigenvalue weighted by Gasteiger charge is 2.47. The van der Waals surface area contributed by atoms with E-state index < -0.39 is 0 Å². The lowest BCUT2D eigenvalue weighted by Gasteiger charge is -2.53. The van der Waals surface area contributed by atoms with E-state index in [0.29, 0.717) is 17.9 Å². The van der Waals surface area contributed by atoms with Crippen LogP contribution in [0.3, 0.4) is 0 Å². The number of hydrogen-bond donors (Lipinski definition) is 1. The van der Waals surface area contributed by atoms with E-state index in [2.05, 4.69) is 16.8 Å². The van der Waals surface area contributed by atoms with Gasteiger partial charge in [0.05, 0.1) is 18.8 Å². The molecule has 108 valence electrons. The second kappa shape index (κ2) is 4.69. The van der Waals surface area contributed by atoms with Crippen LogP contribution in [0.15, 0.2) is 0 Å². The van der Waals surface area contributed by atoms with E-state index in [9.17, 15) is 5.11 Å². The van der Waals surface area contributed by atoms with Gasteiger partial charge in [-0.1, -0.05) is 0 Å². The molecule has 2 saturated carbocycles. The summed E-state index contributed by atoms with van der Waals surface area (Å²) < 4.78 is 6.14. The Hall–Kier alpha value is -0.160. The molecule has 6 aliphatic rings. The third-order valence-corrected chi connectivity index (χ3v) is 5.90. The van der Waals surface area contributed by atoms with Gasteiger partial charge in [-0.05, 0) is 43.6 Å². The topological polar surface area (TPSA) is 35.9 Å². The van der Waals surface area contributed by atoms with Crippen LogP contribution < -0.4 is 0 Å². The maximum absolute atomic E-state index is 9.78. The Balaban J connectivity index is 1.19. The minimum atomic E-state index is -0.00121. The molecule has 4 heterocycles. The van der Waals surface area contributed by atoms with Crippen molar-refractivity contribution in [2.45, 2.75) is 25.0 Å². The summed E-state index contributed by atoms with van der Waals surface area (Å²) in [5, 5.41) is 9.78. The van der Waals surface area contributed by atoms with Crippen molar-refractivity contribution in [2.75, 3.05) is 46.4 Å². The van der Waals surface area contributed by atoms with Gasteiger partial charge >= 0.3 is 0 Å². The Morgan fingerprint density at radius 3 is 2.26 bits per heavy atom. The lowest BCUT2D eigenvalue weighted by atomic mass is 9.68. The summed E-state index contributed by atoms with van der Waals surface area (Å²) in [6, 6.07) is 0. The van der Waals surface area contributed by atoms with Crippen molar-refractivity contribution >= 4 is 0 Å². The van der Waals surface area contributed by atoms with Crippen molar-refractivity contribution in [1.82, 2.24) is 9.80 Å². The summed E-state index contributed by atoms with van der Waals surface area (Å²) in [7, 11) is 2.22. The molecule has 0 radical (unpaired) electrons. The average Bonchev–Trinajstić information content (AvgIpc) is 2.42. The molecule has 4 unspecified atom stereocenters. The predicted octanol–water partition coefficient (Wildman–Crippen LogP) is 0.266. The van der Waals surface area contributed by atoms with Gasteiger partial charge in [-0.3, -0.25) is 0 Å². The van der Waals surface area contributed by atoms with Crippen LogP contribution in [-0.2, 0) is 4.74 Å². The number of piperidine rings is 4. The number of rotatable bonds is 4. The Kier molecular flexibility index (Phi) is 3.10. The zero-order chi connectivity index (χ0) is 13.0. The fourth-order valence-electron chi connectivity index (χ4n) is 4.81. The Morgan fingerprint density at radius 1 is 1.00 bits per heavy atom. The van der Waals surface area contributed by atoms with E-state index in [-0.39, 0.29) is 6.10 Å². The molecule has 6 fully saturated rings. The Labute approximate surface area is 115 Å². The van der Waals surface area contributed by atoms with E-state index in [1.54, 1.807) is 0 Å². The van der Waals surface area contributed by atoms with Gasteiger partial charge in [-0.15, -0.1) is 0 Å². The second-order valence-corrected chi connectivity index (χ2v) is 7.32. The van der Waals surface area contributed by atoms with Gasteiger partial charge in [0.1, 0.15) is 0 Å². The Bertz CT molecular complexity index is 327. The van der Waals surface area contributed by atoms with E-state index in [1.807, 2.05) is 0 Å². The normalized spacial score (nSPS) is 49.6. The number of hydrogen-bond acceptors (Lipinski definition) is 4. The van der Waals surface area contributed by atoms with Crippen molar-refractivity contribution < 1.29 is 9.84 Å². The van der Waals surface area contributed by atoms with Crippen LogP contribution in [0.25, 0.3) is 0 Å². The van der Waals surface area contributed by atoms with Crippen molar-refractivity contribution in [3.63, 3.8) is 0 Å². The number of aliphatic hydroxyl groups excluding tert-OH is 1. The zero-order valence-electron chi connectivity index (χ0n) is 11.9. The standard InChI is InChI=1S/C15H26N2O2/c1-16-6-12-5-13(7-16)15(12)19-3-2-17-8-10-4-11(9-17)14(10)18/h10-15,18H,2-9H2,1H3. The van der Waals surface area contributed by atoms with Gasteiger partial charge in [0.15, 0.2) is 0 Å². The fourth-order valence-corrected chi connectivity index (χ4v) is 4.81. The molecule has 0 aromatic carbocycles. The summed E-state index contributed by atoms with van der Waals surface area (Å²) in [5.74, 6) is 2.69. The maximum atomic E-state index is 9.78. The van der Waals surface area contributed by atoms with E-state index >= 15 is 0 Å². The second-order valence-electron chi connectivity index (χ2n) is 7.32. The number of aliphatic hydroxyl groups is 1. The third kappa shape index (κ3) is 2.13. The van der Waals surface area contributed by atoms with Crippen LogP contribution in [-0.4, -0.2) is 73.5 Å². The minimum absolute atomic E-state index is 0.00121. The fraction of sp³-hybridized carbons (Fsp3) is 1.00. The molecule has 2 aliphatic carbocycles. The van der Waals surface area contributed by atoms with Crippen molar-refractivity contribution in [3.05, 3.63) is 0 Å². The SMILES string of the molecule is CN1CC2CC(C1)C2OCCN1CC2CC(C1)C2O. The average molecular weight is 266 g/mol. The maximum Gasteiger partial charge on any atom is 0.0656 e. The van der Waals surface area contributed by atoms with E-state index in [1.165, 1.54) is 25.9 Å². The zero-order valence-corrected chi connectivity index (χ0v) is 11.9. The molecule has 4 atom stereocenters. The predicted molar refractivity (Wildman–Crippen MR) is 72.9 cm³/mol. The van der Waals surface area contributed by atoms with E-state index in [0.717, 1.165) is 38.1 Å². The minimum Gasteiger partial charge on any atom is -0.392 e. The van der Waals surface area contributed by atoms with Crippen molar-refractivity contribution in [1.29, 1.82) is 0 Å². The summed E-state index contributed by atoms with van der Waals surface area (Å²) >= 11 is 0. The molecule has 4 heteroatoms. The molecule has 4 saturated heterocycles. The van der Waals surface area contributed by atoms with E-state index in [4.69, 9.17) is 4.74 Å². The molecule has 4 aliphatic heterocycles. The quantitative estimate of drug-likeness (QED) is 0.792. The van der Waals surface area contributed by atoms with Crippen LogP contribution in [0.5, 0.6) is 0 Å². The first-order valence-corrected chi connectivity index (χ1v) is 7.91. The van der Waals surface area contributed by atoms with Crippen molar-refractivity contribution in [3.8, 4) is 0 Å². The molecule has 4 nitrogen and oxygen atoms in total. The molecule has 0 spiro atoms. The number of nitrogens with zero attached hydrogens (tertiary/aromatic N) is 2. The summed E-state index contributed by atoms with van der Waals surface area (Å²) in [6.07, 6.45) is 3.17. The third-order valence-electron chi connectivity index (χ3n) is 5.90. The Morgan fingerprint density at radius 2 is 1.63 bits per heavy atom. The highest BCUT2D eigenvalue weighted by atomic mass is 16.5. The number of fused-ring (bicyclic) bond motifs is 4. The van der Waals surface area contributed by atoms with Gasteiger partial charge in [0.25, 0.3) is 0 Å². The smallest absolute Gasteiger partial charge is 0.0656 e. The molecular formula is C15H26N2O2. The van der Waals surface area contributed by atoms with Gasteiger partial charge in [-0.2, -0.15) is 0 Å². The van der Waals surface area contributed by atoms with Gasteiger partial charge in [0.2, 0.25) is 0 Å². The molecular weight excluding hydrogens is 240 g/mol. The molecule has 6 rings (SSSR count). The highest BCUT2D eigenvalue weighted by Crippen LogP contribution is 2.42. The van der Waals surface area contributed by atoms with Crippen LogP contribution in [0, 0.1) is 23.7 Å².